The maximum Gasteiger partial charge on any atom is 0.316 e. The molecule has 1 atom stereocenters. The number of esters is 1. The predicted octanol–water partition coefficient (Wildman–Crippen LogP) is 3.53. The van der Waals surface area contributed by atoms with Gasteiger partial charge < -0.3 is 4.74 Å². The van der Waals surface area contributed by atoms with Gasteiger partial charge in [0.15, 0.2) is 0 Å². The first-order chi connectivity index (χ1) is 9.43. The summed E-state index contributed by atoms with van der Waals surface area (Å²) in [6, 6.07) is 0. The Morgan fingerprint density at radius 3 is 2.60 bits per heavy atom. The summed E-state index contributed by atoms with van der Waals surface area (Å²) in [7, 11) is 0. The van der Waals surface area contributed by atoms with Crippen molar-refractivity contribution in [2.75, 3.05) is 6.61 Å². The molecule has 0 aliphatic heterocycles. The van der Waals surface area contributed by atoms with E-state index in [-0.39, 0.29) is 5.97 Å². The summed E-state index contributed by atoms with van der Waals surface area (Å²) in [6.07, 6.45) is 3.04. The van der Waals surface area contributed by atoms with Crippen LogP contribution in [0.25, 0.3) is 0 Å². The second-order valence-corrected chi connectivity index (χ2v) is 5.69. The standard InChI is InChI=1S/C15H23BrN2O2/c1-6-11-13(16)12(18(8-3)17-11)10-15(5,7-2)14(19)20-9-4/h7H,2,6,8-10H2,1,3-5H3. The van der Waals surface area contributed by atoms with Crippen LogP contribution in [0.4, 0.5) is 0 Å². The van der Waals surface area contributed by atoms with E-state index in [2.05, 4.69) is 34.5 Å². The molecule has 0 N–H and O–H groups in total. The van der Waals surface area contributed by atoms with Crippen molar-refractivity contribution in [3.8, 4) is 0 Å². The zero-order valence-corrected chi connectivity index (χ0v) is 14.3. The Bertz CT molecular complexity index is 496. The smallest absolute Gasteiger partial charge is 0.316 e. The number of aromatic nitrogens is 2. The van der Waals surface area contributed by atoms with Crippen LogP contribution in [0.1, 0.15) is 39.1 Å². The Morgan fingerprint density at radius 1 is 1.50 bits per heavy atom. The Morgan fingerprint density at radius 2 is 2.15 bits per heavy atom. The molecule has 0 saturated carbocycles. The maximum absolute atomic E-state index is 12.1. The molecule has 0 spiro atoms. The van der Waals surface area contributed by atoms with Crippen molar-refractivity contribution >= 4 is 21.9 Å². The molecule has 0 aliphatic rings. The van der Waals surface area contributed by atoms with E-state index in [4.69, 9.17) is 4.74 Å². The quantitative estimate of drug-likeness (QED) is 0.562. The Balaban J connectivity index is 3.15. The fraction of sp³-hybridized carbons (Fsp3) is 0.600. The molecule has 1 unspecified atom stereocenters. The lowest BCUT2D eigenvalue weighted by Gasteiger charge is -2.23. The minimum Gasteiger partial charge on any atom is -0.465 e. The first-order valence-corrected chi connectivity index (χ1v) is 7.77. The van der Waals surface area contributed by atoms with E-state index >= 15 is 0 Å². The Kier molecular flexibility index (Phi) is 5.99. The van der Waals surface area contributed by atoms with E-state index in [9.17, 15) is 4.79 Å². The molecule has 1 heterocycles. The predicted molar refractivity (Wildman–Crippen MR) is 83.6 cm³/mol. The highest BCUT2D eigenvalue weighted by Crippen LogP contribution is 2.31. The average Bonchev–Trinajstić information content (AvgIpc) is 2.75. The Hall–Kier alpha value is -1.10. The van der Waals surface area contributed by atoms with Crippen molar-refractivity contribution in [2.45, 2.75) is 47.1 Å². The molecular weight excluding hydrogens is 320 g/mol. The highest BCUT2D eigenvalue weighted by atomic mass is 79.9. The fourth-order valence-electron chi connectivity index (χ4n) is 2.06. The molecule has 0 fully saturated rings. The zero-order valence-electron chi connectivity index (χ0n) is 12.7. The molecule has 0 saturated heterocycles. The first kappa shape index (κ1) is 17.0. The van der Waals surface area contributed by atoms with Crippen molar-refractivity contribution in [3.05, 3.63) is 28.5 Å². The lowest BCUT2D eigenvalue weighted by molar-refractivity contribution is -0.151. The number of carbonyl (C=O) groups is 1. The maximum atomic E-state index is 12.1. The summed E-state index contributed by atoms with van der Waals surface area (Å²) < 4.78 is 8.08. The molecule has 0 amide bonds. The largest absolute Gasteiger partial charge is 0.465 e. The Labute approximate surface area is 129 Å². The number of hydrogen-bond donors (Lipinski definition) is 0. The molecule has 5 heteroatoms. The van der Waals surface area contributed by atoms with Gasteiger partial charge in [0.2, 0.25) is 0 Å². The van der Waals surface area contributed by atoms with Crippen molar-refractivity contribution in [2.24, 2.45) is 5.41 Å². The van der Waals surface area contributed by atoms with Gasteiger partial charge in [-0.15, -0.1) is 6.58 Å². The molecule has 0 aliphatic carbocycles. The normalized spacial score (nSPS) is 13.8. The van der Waals surface area contributed by atoms with Crippen LogP contribution in [0.15, 0.2) is 17.1 Å². The number of rotatable bonds is 7. The van der Waals surface area contributed by atoms with Crippen LogP contribution in [0.2, 0.25) is 0 Å². The number of hydrogen-bond acceptors (Lipinski definition) is 3. The second kappa shape index (κ2) is 7.07. The zero-order chi connectivity index (χ0) is 15.3. The SMILES string of the molecule is C=CC(C)(Cc1c(Br)c(CC)nn1CC)C(=O)OCC. The van der Waals surface area contributed by atoms with Crippen molar-refractivity contribution < 1.29 is 9.53 Å². The third-order valence-corrected chi connectivity index (χ3v) is 4.34. The summed E-state index contributed by atoms with van der Waals surface area (Å²) in [5, 5.41) is 4.55. The van der Waals surface area contributed by atoms with Crippen LogP contribution < -0.4 is 0 Å². The lowest BCUT2D eigenvalue weighted by Crippen LogP contribution is -2.31. The van der Waals surface area contributed by atoms with Gasteiger partial charge in [0.1, 0.15) is 0 Å². The fourth-order valence-corrected chi connectivity index (χ4v) is 2.76. The molecule has 4 nitrogen and oxygen atoms in total. The molecule has 0 aromatic carbocycles. The molecule has 1 aromatic heterocycles. The van der Waals surface area contributed by atoms with Crippen molar-refractivity contribution in [3.63, 3.8) is 0 Å². The number of halogens is 1. The van der Waals surface area contributed by atoms with E-state index in [0.717, 1.165) is 28.8 Å². The number of carbonyl (C=O) groups excluding carboxylic acids is 1. The molecule has 1 aromatic rings. The van der Waals surface area contributed by atoms with Gasteiger partial charge in [-0.2, -0.15) is 5.10 Å². The lowest BCUT2D eigenvalue weighted by atomic mass is 9.85. The van der Waals surface area contributed by atoms with Gasteiger partial charge >= 0.3 is 5.97 Å². The van der Waals surface area contributed by atoms with E-state index < -0.39 is 5.41 Å². The van der Waals surface area contributed by atoms with Crippen LogP contribution in [-0.2, 0) is 28.9 Å². The van der Waals surface area contributed by atoms with E-state index in [0.29, 0.717) is 13.0 Å². The highest BCUT2D eigenvalue weighted by Gasteiger charge is 2.34. The van der Waals surface area contributed by atoms with Gasteiger partial charge in [-0.05, 0) is 43.1 Å². The topological polar surface area (TPSA) is 44.1 Å². The first-order valence-electron chi connectivity index (χ1n) is 6.98. The summed E-state index contributed by atoms with van der Waals surface area (Å²) in [5.74, 6) is -0.246. The third kappa shape index (κ3) is 3.32. The van der Waals surface area contributed by atoms with Gasteiger partial charge in [-0.1, -0.05) is 13.0 Å². The molecule has 1 rings (SSSR count). The van der Waals surface area contributed by atoms with E-state index in [1.807, 2.05) is 25.5 Å². The monoisotopic (exact) mass is 342 g/mol. The molecule has 20 heavy (non-hydrogen) atoms. The van der Waals surface area contributed by atoms with Gasteiger partial charge in [0, 0.05) is 13.0 Å². The van der Waals surface area contributed by atoms with Crippen LogP contribution in [0.3, 0.4) is 0 Å². The molecule has 0 bridgehead atoms. The van der Waals surface area contributed by atoms with Gasteiger partial charge in [-0.3, -0.25) is 9.48 Å². The summed E-state index contributed by atoms with van der Waals surface area (Å²) in [6.45, 7) is 12.7. The number of aryl methyl sites for hydroxylation is 2. The average molecular weight is 343 g/mol. The van der Waals surface area contributed by atoms with Gasteiger partial charge in [-0.25, -0.2) is 0 Å². The summed E-state index contributed by atoms with van der Waals surface area (Å²) in [5.41, 5.74) is 1.29. The van der Waals surface area contributed by atoms with Crippen LogP contribution in [0, 0.1) is 5.41 Å². The van der Waals surface area contributed by atoms with Gasteiger partial charge in [0.25, 0.3) is 0 Å². The molecule has 112 valence electrons. The van der Waals surface area contributed by atoms with E-state index in [1.165, 1.54) is 0 Å². The minimum absolute atomic E-state index is 0.246. The van der Waals surface area contributed by atoms with Gasteiger partial charge in [0.05, 0.1) is 27.9 Å². The van der Waals surface area contributed by atoms with E-state index in [1.54, 1.807) is 6.08 Å². The minimum atomic E-state index is -0.740. The number of ether oxygens (including phenoxy) is 1. The van der Waals surface area contributed by atoms with Crippen LogP contribution in [0.5, 0.6) is 0 Å². The summed E-state index contributed by atoms with van der Waals surface area (Å²) in [4.78, 5) is 12.1. The number of nitrogens with zero attached hydrogens (tertiary/aromatic N) is 2. The molecule has 0 radical (unpaired) electrons. The highest BCUT2D eigenvalue weighted by molar-refractivity contribution is 9.10. The summed E-state index contributed by atoms with van der Waals surface area (Å²) >= 11 is 3.60. The molecular formula is C15H23BrN2O2. The van der Waals surface area contributed by atoms with Crippen molar-refractivity contribution in [1.82, 2.24) is 9.78 Å². The second-order valence-electron chi connectivity index (χ2n) is 4.90. The van der Waals surface area contributed by atoms with Crippen LogP contribution >= 0.6 is 15.9 Å². The third-order valence-electron chi connectivity index (χ3n) is 3.42. The van der Waals surface area contributed by atoms with Crippen molar-refractivity contribution in [1.29, 1.82) is 0 Å². The van der Waals surface area contributed by atoms with Crippen LogP contribution in [-0.4, -0.2) is 22.4 Å².